The predicted octanol–water partition coefficient (Wildman–Crippen LogP) is 3.13. The van der Waals surface area contributed by atoms with Crippen LogP contribution >= 0.6 is 0 Å². The lowest BCUT2D eigenvalue weighted by atomic mass is 9.86. The Morgan fingerprint density at radius 2 is 1.87 bits per heavy atom. The Labute approximate surface area is 183 Å². The number of hydrogen-bond donors (Lipinski definition) is 2. The molecule has 166 valence electrons. The molecule has 0 bridgehead atoms. The van der Waals surface area contributed by atoms with Crippen LogP contribution in [0.2, 0.25) is 0 Å². The van der Waals surface area contributed by atoms with E-state index in [-0.39, 0.29) is 5.91 Å². The summed E-state index contributed by atoms with van der Waals surface area (Å²) in [5.74, 6) is 1.64. The highest BCUT2D eigenvalue weighted by Gasteiger charge is 2.22. The summed E-state index contributed by atoms with van der Waals surface area (Å²) >= 11 is 0. The zero-order valence-electron chi connectivity index (χ0n) is 18.0. The second-order valence-corrected chi connectivity index (χ2v) is 8.22. The molecule has 1 amide bonds. The van der Waals surface area contributed by atoms with Crippen molar-refractivity contribution < 1.29 is 14.3 Å². The predicted molar refractivity (Wildman–Crippen MR) is 120 cm³/mol. The minimum absolute atomic E-state index is 0.0523. The number of carbonyl (C=O) groups excluding carboxylic acids is 1. The summed E-state index contributed by atoms with van der Waals surface area (Å²) in [6.07, 6.45) is 5.82. The lowest BCUT2D eigenvalue weighted by molar-refractivity contribution is -0.119. The number of aromatic nitrogens is 2. The molecular weight excluding hydrogens is 394 g/mol. The Bertz CT molecular complexity index is 847. The molecule has 1 saturated heterocycles. The molecule has 0 atom stereocenters. The van der Waals surface area contributed by atoms with E-state index in [4.69, 9.17) is 9.47 Å². The molecule has 1 aromatic carbocycles. The second kappa shape index (κ2) is 10.4. The number of benzene rings is 1. The number of anilines is 3. The van der Waals surface area contributed by atoms with Gasteiger partial charge in [-0.3, -0.25) is 4.79 Å². The molecule has 31 heavy (non-hydrogen) atoms. The lowest BCUT2D eigenvalue weighted by Gasteiger charge is -2.29. The average Bonchev–Trinajstić information content (AvgIpc) is 2.80. The number of carbonyl (C=O) groups is 1. The molecule has 1 saturated carbocycles. The van der Waals surface area contributed by atoms with Crippen molar-refractivity contribution in [1.82, 2.24) is 15.3 Å². The molecule has 1 aliphatic carbocycles. The van der Waals surface area contributed by atoms with Gasteiger partial charge in [0.1, 0.15) is 0 Å². The van der Waals surface area contributed by atoms with Crippen molar-refractivity contribution >= 4 is 23.2 Å². The van der Waals surface area contributed by atoms with Crippen molar-refractivity contribution in [3.05, 3.63) is 36.5 Å². The van der Waals surface area contributed by atoms with Crippen LogP contribution in [0.4, 0.5) is 17.3 Å². The number of amides is 1. The van der Waals surface area contributed by atoms with E-state index in [1.165, 1.54) is 5.69 Å². The van der Waals surface area contributed by atoms with Gasteiger partial charge >= 0.3 is 0 Å². The van der Waals surface area contributed by atoms with Crippen molar-refractivity contribution in [1.29, 1.82) is 0 Å². The standard InChI is InChI=1S/C23H31N5O3/c1-17(29)25-19-4-2-18(3-5-19)16-31-22-10-11-24-23(27-22)26-20-6-8-21(9-7-20)28-12-14-30-15-13-28/h6-11,18-19H,2-5,12-16H2,1H3,(H,25,29)(H,24,26,27). The van der Waals surface area contributed by atoms with E-state index < -0.39 is 0 Å². The number of rotatable bonds is 7. The molecule has 4 rings (SSSR count). The van der Waals surface area contributed by atoms with Gasteiger partial charge in [0.2, 0.25) is 17.7 Å². The summed E-state index contributed by atoms with van der Waals surface area (Å²) < 4.78 is 11.4. The van der Waals surface area contributed by atoms with Gasteiger partial charge < -0.3 is 25.0 Å². The van der Waals surface area contributed by atoms with Crippen molar-refractivity contribution in [2.45, 2.75) is 38.6 Å². The fourth-order valence-electron chi connectivity index (χ4n) is 4.15. The molecule has 2 aromatic rings. The van der Waals surface area contributed by atoms with E-state index in [1.54, 1.807) is 19.2 Å². The maximum absolute atomic E-state index is 11.2. The highest BCUT2D eigenvalue weighted by Crippen LogP contribution is 2.25. The van der Waals surface area contributed by atoms with Crippen LogP contribution in [0.15, 0.2) is 36.5 Å². The van der Waals surface area contributed by atoms with E-state index in [9.17, 15) is 4.79 Å². The van der Waals surface area contributed by atoms with Crippen LogP contribution in [0.3, 0.4) is 0 Å². The SMILES string of the molecule is CC(=O)NC1CCC(COc2ccnc(Nc3ccc(N4CCOCC4)cc3)n2)CC1. The molecule has 8 heteroatoms. The Morgan fingerprint density at radius 1 is 1.13 bits per heavy atom. The molecule has 2 N–H and O–H groups in total. The minimum atomic E-state index is 0.0523. The van der Waals surface area contributed by atoms with Crippen LogP contribution in [0.5, 0.6) is 5.88 Å². The van der Waals surface area contributed by atoms with Crippen LogP contribution < -0.4 is 20.3 Å². The van der Waals surface area contributed by atoms with Gasteiger partial charge in [-0.15, -0.1) is 0 Å². The summed E-state index contributed by atoms with van der Waals surface area (Å²) in [6.45, 7) is 5.61. The van der Waals surface area contributed by atoms with Gasteiger partial charge in [-0.2, -0.15) is 4.98 Å². The maximum Gasteiger partial charge on any atom is 0.230 e. The average molecular weight is 426 g/mol. The van der Waals surface area contributed by atoms with Crippen LogP contribution in [-0.2, 0) is 9.53 Å². The molecule has 0 unspecified atom stereocenters. The summed E-state index contributed by atoms with van der Waals surface area (Å²) in [5, 5.41) is 6.26. The maximum atomic E-state index is 11.2. The van der Waals surface area contributed by atoms with Gasteiger partial charge in [0, 0.05) is 49.7 Å². The van der Waals surface area contributed by atoms with Gasteiger partial charge in [-0.05, 0) is 55.9 Å². The molecule has 1 aromatic heterocycles. The smallest absolute Gasteiger partial charge is 0.230 e. The fraction of sp³-hybridized carbons (Fsp3) is 0.522. The molecule has 0 spiro atoms. The third-order valence-corrected chi connectivity index (χ3v) is 5.85. The number of nitrogens with one attached hydrogen (secondary N) is 2. The van der Waals surface area contributed by atoms with E-state index in [0.717, 1.165) is 57.7 Å². The van der Waals surface area contributed by atoms with Crippen molar-refractivity contribution in [3.8, 4) is 5.88 Å². The van der Waals surface area contributed by atoms with Crippen LogP contribution in [-0.4, -0.2) is 54.8 Å². The van der Waals surface area contributed by atoms with Gasteiger partial charge in [0.05, 0.1) is 19.8 Å². The van der Waals surface area contributed by atoms with E-state index in [0.29, 0.717) is 30.4 Å². The monoisotopic (exact) mass is 425 g/mol. The van der Waals surface area contributed by atoms with E-state index >= 15 is 0 Å². The lowest BCUT2D eigenvalue weighted by Crippen LogP contribution is -2.37. The highest BCUT2D eigenvalue weighted by molar-refractivity contribution is 5.73. The normalized spacial score (nSPS) is 21.4. The van der Waals surface area contributed by atoms with Crippen LogP contribution in [0.1, 0.15) is 32.6 Å². The Kier molecular flexibility index (Phi) is 7.19. The van der Waals surface area contributed by atoms with Crippen LogP contribution in [0.25, 0.3) is 0 Å². The molecule has 2 fully saturated rings. The summed E-state index contributed by atoms with van der Waals surface area (Å²) in [6, 6.07) is 10.4. The molecule has 2 heterocycles. The summed E-state index contributed by atoms with van der Waals surface area (Å²) in [7, 11) is 0. The first-order chi connectivity index (χ1) is 15.2. The summed E-state index contributed by atoms with van der Waals surface area (Å²) in [5.41, 5.74) is 2.13. The van der Waals surface area contributed by atoms with Gasteiger partial charge in [0.15, 0.2) is 0 Å². The topological polar surface area (TPSA) is 88.6 Å². The van der Waals surface area contributed by atoms with Crippen molar-refractivity contribution in [3.63, 3.8) is 0 Å². The zero-order valence-corrected chi connectivity index (χ0v) is 18.0. The summed E-state index contributed by atoms with van der Waals surface area (Å²) in [4.78, 5) is 22.3. The first kappa shape index (κ1) is 21.4. The molecule has 0 radical (unpaired) electrons. The van der Waals surface area contributed by atoms with Crippen molar-refractivity contribution in [2.75, 3.05) is 43.1 Å². The van der Waals surface area contributed by atoms with E-state index in [2.05, 4.69) is 37.6 Å². The first-order valence-corrected chi connectivity index (χ1v) is 11.1. The largest absolute Gasteiger partial charge is 0.477 e. The van der Waals surface area contributed by atoms with Gasteiger partial charge in [-0.1, -0.05) is 0 Å². The second-order valence-electron chi connectivity index (χ2n) is 8.22. The van der Waals surface area contributed by atoms with Crippen LogP contribution in [0, 0.1) is 5.92 Å². The molecule has 2 aliphatic rings. The number of morpholine rings is 1. The van der Waals surface area contributed by atoms with Gasteiger partial charge in [-0.25, -0.2) is 4.98 Å². The van der Waals surface area contributed by atoms with Gasteiger partial charge in [0.25, 0.3) is 0 Å². The fourth-order valence-corrected chi connectivity index (χ4v) is 4.15. The molecule has 1 aliphatic heterocycles. The number of nitrogens with zero attached hydrogens (tertiary/aromatic N) is 3. The van der Waals surface area contributed by atoms with Crippen molar-refractivity contribution in [2.24, 2.45) is 5.92 Å². The molecular formula is C23H31N5O3. The zero-order chi connectivity index (χ0) is 21.5. The Morgan fingerprint density at radius 3 is 2.58 bits per heavy atom. The Balaban J connectivity index is 1.26. The van der Waals surface area contributed by atoms with E-state index in [1.807, 2.05) is 12.1 Å². The quantitative estimate of drug-likeness (QED) is 0.704. The Hall–Kier alpha value is -2.87. The third kappa shape index (κ3) is 6.30. The number of ether oxygens (including phenoxy) is 2. The number of hydrogen-bond acceptors (Lipinski definition) is 7. The molecule has 8 nitrogen and oxygen atoms in total. The highest BCUT2D eigenvalue weighted by atomic mass is 16.5. The first-order valence-electron chi connectivity index (χ1n) is 11.1. The minimum Gasteiger partial charge on any atom is -0.477 e. The third-order valence-electron chi connectivity index (χ3n) is 5.85.